The van der Waals surface area contributed by atoms with Crippen molar-refractivity contribution in [3.63, 3.8) is 0 Å². The minimum Gasteiger partial charge on any atom is -0.355 e. The van der Waals surface area contributed by atoms with Crippen LogP contribution in [0.3, 0.4) is 0 Å². The molecule has 0 radical (unpaired) electrons. The lowest BCUT2D eigenvalue weighted by Crippen LogP contribution is -2.31. The average Bonchev–Trinajstić information content (AvgIpc) is 3.34. The molecule has 1 aromatic heterocycles. The van der Waals surface area contributed by atoms with Crippen molar-refractivity contribution in [2.75, 3.05) is 6.54 Å². The molecule has 1 fully saturated rings. The number of thioether (sulfide) groups is 1. The number of carbonyl (C=O) groups excluding carboxylic acids is 1. The van der Waals surface area contributed by atoms with Gasteiger partial charge in [-0.15, -0.1) is 5.10 Å². The molecule has 2 aromatic rings. The zero-order valence-electron chi connectivity index (χ0n) is 13.5. The fraction of sp³-hybridized carbons (Fsp3) is 0.471. The number of para-hydroxylation sites is 1. The smallest absolute Gasteiger partial charge is 0.233 e. The van der Waals surface area contributed by atoms with Crippen molar-refractivity contribution in [3.8, 4) is 5.69 Å². The average molecular weight is 330 g/mol. The number of amides is 1. The number of nitrogens with zero attached hydrogens (tertiary/aromatic N) is 3. The van der Waals surface area contributed by atoms with Crippen LogP contribution in [0.5, 0.6) is 0 Å². The number of hydrogen-bond donors (Lipinski definition) is 1. The van der Waals surface area contributed by atoms with E-state index in [-0.39, 0.29) is 11.2 Å². The van der Waals surface area contributed by atoms with Crippen molar-refractivity contribution in [2.24, 2.45) is 0 Å². The molecule has 1 aliphatic rings. The highest BCUT2D eigenvalue weighted by Gasteiger charge is 2.31. The Morgan fingerprint density at radius 2 is 2.13 bits per heavy atom. The molecule has 1 heterocycles. The molecule has 0 bridgehead atoms. The van der Waals surface area contributed by atoms with Gasteiger partial charge in [-0.1, -0.05) is 36.9 Å². The summed E-state index contributed by atoms with van der Waals surface area (Å²) in [5, 5.41) is 8.03. The maximum absolute atomic E-state index is 12.0. The molecular formula is C17H22N4OS. The molecule has 1 amide bonds. The van der Waals surface area contributed by atoms with Gasteiger partial charge in [0.1, 0.15) is 5.82 Å². The van der Waals surface area contributed by atoms with Gasteiger partial charge < -0.3 is 5.32 Å². The first-order chi connectivity index (χ1) is 11.2. The maximum Gasteiger partial charge on any atom is 0.233 e. The first-order valence-electron chi connectivity index (χ1n) is 8.15. The molecule has 6 heteroatoms. The third kappa shape index (κ3) is 3.93. The van der Waals surface area contributed by atoms with Gasteiger partial charge in [0, 0.05) is 12.5 Å². The van der Waals surface area contributed by atoms with Crippen molar-refractivity contribution in [3.05, 3.63) is 36.2 Å². The normalized spacial score (nSPS) is 15.4. The quantitative estimate of drug-likeness (QED) is 0.792. The largest absolute Gasteiger partial charge is 0.355 e. The Bertz CT molecular complexity index is 666. The van der Waals surface area contributed by atoms with Gasteiger partial charge in [-0.05, 0) is 38.3 Å². The van der Waals surface area contributed by atoms with E-state index >= 15 is 0 Å². The SMILES string of the molecule is CCCNC(=O)[C@H](C)Sc1nc(C2CC2)n(-c2ccccc2)n1. The fourth-order valence-corrected chi connectivity index (χ4v) is 3.10. The predicted molar refractivity (Wildman–Crippen MR) is 92.0 cm³/mol. The van der Waals surface area contributed by atoms with Crippen LogP contribution < -0.4 is 5.32 Å². The van der Waals surface area contributed by atoms with Crippen LogP contribution in [0.1, 0.15) is 44.9 Å². The van der Waals surface area contributed by atoms with E-state index < -0.39 is 0 Å². The molecule has 23 heavy (non-hydrogen) atoms. The van der Waals surface area contributed by atoms with E-state index in [1.807, 2.05) is 48.9 Å². The van der Waals surface area contributed by atoms with Crippen LogP contribution in [0.4, 0.5) is 0 Å². The number of rotatable bonds is 7. The summed E-state index contributed by atoms with van der Waals surface area (Å²) in [5.74, 6) is 1.56. The van der Waals surface area contributed by atoms with Gasteiger partial charge in [0.2, 0.25) is 11.1 Å². The molecule has 1 N–H and O–H groups in total. The molecule has 1 aliphatic carbocycles. The summed E-state index contributed by atoms with van der Waals surface area (Å²) >= 11 is 1.42. The molecule has 1 aromatic carbocycles. The summed E-state index contributed by atoms with van der Waals surface area (Å²) in [7, 11) is 0. The summed E-state index contributed by atoms with van der Waals surface area (Å²) in [5.41, 5.74) is 1.02. The van der Waals surface area contributed by atoms with Crippen LogP contribution in [0, 0.1) is 0 Å². The second-order valence-electron chi connectivity index (χ2n) is 5.83. The Morgan fingerprint density at radius 1 is 1.39 bits per heavy atom. The summed E-state index contributed by atoms with van der Waals surface area (Å²) < 4.78 is 1.93. The molecule has 5 nitrogen and oxygen atoms in total. The van der Waals surface area contributed by atoms with Crippen molar-refractivity contribution in [1.29, 1.82) is 0 Å². The molecule has 0 spiro atoms. The van der Waals surface area contributed by atoms with Gasteiger partial charge in [0.25, 0.3) is 0 Å². The van der Waals surface area contributed by atoms with Gasteiger partial charge in [-0.2, -0.15) is 0 Å². The van der Waals surface area contributed by atoms with Gasteiger partial charge in [-0.25, -0.2) is 9.67 Å². The maximum atomic E-state index is 12.0. The fourth-order valence-electron chi connectivity index (χ4n) is 2.32. The summed E-state index contributed by atoms with van der Waals surface area (Å²) in [4.78, 5) is 16.7. The minimum atomic E-state index is -0.194. The predicted octanol–water partition coefficient (Wildman–Crippen LogP) is 3.15. The summed E-state index contributed by atoms with van der Waals surface area (Å²) in [6, 6.07) is 10.1. The van der Waals surface area contributed by atoms with Gasteiger partial charge in [0.15, 0.2) is 0 Å². The minimum absolute atomic E-state index is 0.0425. The second-order valence-corrected chi connectivity index (χ2v) is 7.13. The number of aromatic nitrogens is 3. The van der Waals surface area contributed by atoms with Crippen molar-refractivity contribution >= 4 is 17.7 Å². The van der Waals surface area contributed by atoms with E-state index in [1.54, 1.807) is 0 Å². The molecule has 3 rings (SSSR count). The zero-order valence-corrected chi connectivity index (χ0v) is 14.3. The number of benzene rings is 1. The summed E-state index contributed by atoms with van der Waals surface area (Å²) in [6.45, 7) is 4.65. The Kier molecular flexibility index (Phi) is 5.00. The van der Waals surface area contributed by atoms with Gasteiger partial charge in [0.05, 0.1) is 10.9 Å². The highest BCUT2D eigenvalue weighted by molar-refractivity contribution is 8.00. The van der Waals surface area contributed by atoms with Crippen LogP contribution >= 0.6 is 11.8 Å². The first kappa shape index (κ1) is 16.1. The summed E-state index contributed by atoms with van der Waals surface area (Å²) in [6.07, 6.45) is 3.28. The van der Waals surface area contributed by atoms with Gasteiger partial charge in [-0.3, -0.25) is 4.79 Å². The number of nitrogens with one attached hydrogen (secondary N) is 1. The topological polar surface area (TPSA) is 59.8 Å². The Labute approximate surface area is 140 Å². The van der Waals surface area contributed by atoms with E-state index in [4.69, 9.17) is 0 Å². The monoisotopic (exact) mass is 330 g/mol. The van der Waals surface area contributed by atoms with Crippen LogP contribution in [-0.4, -0.2) is 32.5 Å². The standard InChI is InChI=1S/C17H22N4OS/c1-3-11-18-16(22)12(2)23-17-19-15(13-9-10-13)21(20-17)14-7-5-4-6-8-14/h4-8,12-13H,3,9-11H2,1-2H3,(H,18,22)/t12-/m0/s1. The second kappa shape index (κ2) is 7.17. The van der Waals surface area contributed by atoms with Crippen LogP contribution in [0.15, 0.2) is 35.5 Å². The molecule has 0 saturated heterocycles. The van der Waals surface area contributed by atoms with Crippen LogP contribution in [0.25, 0.3) is 5.69 Å². The number of hydrogen-bond acceptors (Lipinski definition) is 4. The van der Waals surface area contributed by atoms with Crippen molar-refractivity contribution in [2.45, 2.75) is 49.4 Å². The van der Waals surface area contributed by atoms with Crippen molar-refractivity contribution < 1.29 is 4.79 Å². The zero-order chi connectivity index (χ0) is 16.2. The van der Waals surface area contributed by atoms with E-state index in [1.165, 1.54) is 24.6 Å². The Balaban J connectivity index is 1.77. The number of carbonyl (C=O) groups is 1. The lowest BCUT2D eigenvalue weighted by atomic mass is 10.3. The van der Waals surface area contributed by atoms with E-state index in [0.29, 0.717) is 17.6 Å². The first-order valence-corrected chi connectivity index (χ1v) is 9.03. The molecule has 1 saturated carbocycles. The molecule has 1 atom stereocenters. The van der Waals surface area contributed by atoms with Crippen LogP contribution in [0.2, 0.25) is 0 Å². The molecular weight excluding hydrogens is 308 g/mol. The highest BCUT2D eigenvalue weighted by Crippen LogP contribution is 2.40. The molecule has 0 aliphatic heterocycles. The Hall–Kier alpha value is -1.82. The highest BCUT2D eigenvalue weighted by atomic mass is 32.2. The lowest BCUT2D eigenvalue weighted by Gasteiger charge is -2.08. The third-order valence-electron chi connectivity index (χ3n) is 3.76. The lowest BCUT2D eigenvalue weighted by molar-refractivity contribution is -0.120. The van der Waals surface area contributed by atoms with Crippen LogP contribution in [-0.2, 0) is 4.79 Å². The van der Waals surface area contributed by atoms with Gasteiger partial charge >= 0.3 is 0 Å². The van der Waals surface area contributed by atoms with Crippen molar-refractivity contribution in [1.82, 2.24) is 20.1 Å². The molecule has 0 unspecified atom stereocenters. The third-order valence-corrected chi connectivity index (χ3v) is 4.71. The molecule has 122 valence electrons. The Morgan fingerprint density at radius 3 is 2.78 bits per heavy atom. The van der Waals surface area contributed by atoms with E-state index in [2.05, 4.69) is 15.4 Å². The van der Waals surface area contributed by atoms with E-state index in [9.17, 15) is 4.79 Å². The van der Waals surface area contributed by atoms with E-state index in [0.717, 1.165) is 17.9 Å².